The van der Waals surface area contributed by atoms with Crippen molar-refractivity contribution < 1.29 is 14.7 Å². The number of carbonyl (C=O) groups is 1. The second-order valence-electron chi connectivity index (χ2n) is 2.56. The Morgan fingerprint density at radius 2 is 1.76 bits per heavy atom. The minimum Gasteiger partial charge on any atom is -0.314 e. The van der Waals surface area contributed by atoms with Crippen LogP contribution in [0.25, 0.3) is 0 Å². The van der Waals surface area contributed by atoms with E-state index < -0.39 is 5.09 Å². The molecule has 0 aromatic heterocycles. The number of benzene rings is 1. The van der Waals surface area contributed by atoms with Gasteiger partial charge in [-0.2, -0.15) is 0 Å². The molecule has 5 nitrogen and oxygen atoms in total. The molecule has 96 valence electrons. The van der Waals surface area contributed by atoms with Gasteiger partial charge in [0.15, 0.2) is 5.78 Å². The lowest BCUT2D eigenvalue weighted by Gasteiger charge is -1.89. The van der Waals surface area contributed by atoms with Crippen LogP contribution in [0.4, 0.5) is 0 Å². The van der Waals surface area contributed by atoms with Gasteiger partial charge in [0.1, 0.15) is 0 Å². The van der Waals surface area contributed by atoms with E-state index in [9.17, 15) is 14.9 Å². The fourth-order valence-electron chi connectivity index (χ4n) is 0.778. The maximum absolute atomic E-state index is 10.6. The van der Waals surface area contributed by atoms with E-state index in [0.29, 0.717) is 0 Å². The van der Waals surface area contributed by atoms with Crippen molar-refractivity contribution in [3.63, 3.8) is 0 Å². The molecular formula is C12H19NO4. The third-order valence-electron chi connectivity index (χ3n) is 1.41. The molecule has 0 spiro atoms. The third-order valence-corrected chi connectivity index (χ3v) is 1.41. The van der Waals surface area contributed by atoms with Crippen molar-refractivity contribution in [3.8, 4) is 0 Å². The van der Waals surface area contributed by atoms with Crippen LogP contribution in [0.15, 0.2) is 30.3 Å². The number of ketones is 1. The van der Waals surface area contributed by atoms with Crippen molar-refractivity contribution >= 4 is 5.78 Å². The first-order valence-electron chi connectivity index (χ1n) is 5.41. The van der Waals surface area contributed by atoms with Crippen LogP contribution in [0, 0.1) is 10.1 Å². The Kier molecular flexibility index (Phi) is 12.5. The van der Waals surface area contributed by atoms with Crippen molar-refractivity contribution in [2.45, 2.75) is 27.7 Å². The zero-order valence-electron chi connectivity index (χ0n) is 10.7. The summed E-state index contributed by atoms with van der Waals surface area (Å²) in [6.45, 7) is 7.26. The van der Waals surface area contributed by atoms with Crippen LogP contribution in [0.1, 0.15) is 38.1 Å². The second-order valence-corrected chi connectivity index (χ2v) is 2.56. The maximum Gasteiger partial charge on any atom is 0.294 e. The Morgan fingerprint density at radius 3 is 1.94 bits per heavy atom. The van der Waals surface area contributed by atoms with Crippen molar-refractivity contribution in [2.24, 2.45) is 0 Å². The average molecular weight is 241 g/mol. The van der Waals surface area contributed by atoms with Crippen molar-refractivity contribution in [2.75, 3.05) is 6.61 Å². The number of nitrogens with zero attached hydrogens (tertiary/aromatic N) is 1. The van der Waals surface area contributed by atoms with E-state index in [1.54, 1.807) is 13.8 Å². The molecule has 0 unspecified atom stereocenters. The highest BCUT2D eigenvalue weighted by atomic mass is 16.9. The molecule has 0 saturated carbocycles. The van der Waals surface area contributed by atoms with Crippen LogP contribution in [0.5, 0.6) is 0 Å². The van der Waals surface area contributed by atoms with Crippen LogP contribution < -0.4 is 0 Å². The lowest BCUT2D eigenvalue weighted by molar-refractivity contribution is -0.756. The quantitative estimate of drug-likeness (QED) is 0.463. The highest BCUT2D eigenvalue weighted by Gasteiger charge is 1.92. The Bertz CT molecular complexity index is 312. The van der Waals surface area contributed by atoms with Gasteiger partial charge in [0, 0.05) is 5.56 Å². The third kappa shape index (κ3) is 12.0. The van der Waals surface area contributed by atoms with Crippen LogP contribution >= 0.6 is 0 Å². The number of rotatable bonds is 3. The molecule has 1 aromatic rings. The standard InChI is InChI=1S/C8H8O.C2H5NO3.C2H6/c1-7(9)8-5-3-2-4-6-8;1-2-6-3(4)5;1-2/h2-6H,1H3;2H2,1H3;1-2H3. The molecule has 0 aliphatic rings. The molecule has 5 heteroatoms. The van der Waals surface area contributed by atoms with E-state index in [-0.39, 0.29) is 12.4 Å². The van der Waals surface area contributed by atoms with E-state index in [0.717, 1.165) is 5.56 Å². The van der Waals surface area contributed by atoms with Crippen LogP contribution in [-0.2, 0) is 4.84 Å². The van der Waals surface area contributed by atoms with E-state index >= 15 is 0 Å². The number of hydrogen-bond acceptors (Lipinski definition) is 4. The highest BCUT2D eigenvalue weighted by molar-refractivity contribution is 5.93. The van der Waals surface area contributed by atoms with Gasteiger partial charge in [-0.1, -0.05) is 44.2 Å². The summed E-state index contributed by atoms with van der Waals surface area (Å²) in [7, 11) is 0. The minimum atomic E-state index is -0.819. The number of carbonyl (C=O) groups excluding carboxylic acids is 1. The van der Waals surface area contributed by atoms with Gasteiger partial charge in [0.25, 0.3) is 5.09 Å². The number of Topliss-reactive ketones (excluding diaryl/α,β-unsaturated/α-hetero) is 1. The zero-order chi connectivity index (χ0) is 13.7. The van der Waals surface area contributed by atoms with Gasteiger partial charge in [-0.3, -0.25) is 4.79 Å². The first-order valence-corrected chi connectivity index (χ1v) is 5.41. The summed E-state index contributed by atoms with van der Waals surface area (Å²) < 4.78 is 0. The molecule has 1 rings (SSSR count). The van der Waals surface area contributed by atoms with E-state index in [1.807, 2.05) is 44.2 Å². The van der Waals surface area contributed by atoms with Crippen LogP contribution in [0.3, 0.4) is 0 Å². The summed E-state index contributed by atoms with van der Waals surface area (Å²) in [5.74, 6) is 0.121. The molecule has 0 radical (unpaired) electrons. The summed E-state index contributed by atoms with van der Waals surface area (Å²) in [5, 5.41) is 8.36. The van der Waals surface area contributed by atoms with Crippen molar-refractivity contribution in [3.05, 3.63) is 46.0 Å². The highest BCUT2D eigenvalue weighted by Crippen LogP contribution is 1.97. The van der Waals surface area contributed by atoms with E-state index in [4.69, 9.17) is 0 Å². The summed E-state index contributed by atoms with van der Waals surface area (Å²) in [6, 6.07) is 9.23. The molecule has 0 fully saturated rings. The summed E-state index contributed by atoms with van der Waals surface area (Å²) in [6.07, 6.45) is 0. The van der Waals surface area contributed by atoms with Gasteiger partial charge in [-0.05, 0) is 13.8 Å². The molecule has 0 saturated heterocycles. The molecule has 0 heterocycles. The van der Waals surface area contributed by atoms with Crippen LogP contribution in [-0.4, -0.2) is 17.5 Å². The molecule has 0 N–H and O–H groups in total. The summed E-state index contributed by atoms with van der Waals surface area (Å²) in [5.41, 5.74) is 0.775. The van der Waals surface area contributed by atoms with E-state index in [1.165, 1.54) is 0 Å². The molecule has 0 atom stereocenters. The molecule has 0 amide bonds. The Morgan fingerprint density at radius 1 is 1.29 bits per heavy atom. The monoisotopic (exact) mass is 241 g/mol. The lowest BCUT2D eigenvalue weighted by atomic mass is 10.2. The average Bonchev–Trinajstić information content (AvgIpc) is 2.33. The molecular weight excluding hydrogens is 222 g/mol. The Labute approximate surface area is 102 Å². The fourth-order valence-corrected chi connectivity index (χ4v) is 0.778. The summed E-state index contributed by atoms with van der Waals surface area (Å²) in [4.78, 5) is 23.6. The van der Waals surface area contributed by atoms with Gasteiger partial charge < -0.3 is 4.84 Å². The predicted molar refractivity (Wildman–Crippen MR) is 66.4 cm³/mol. The predicted octanol–water partition coefficient (Wildman–Crippen LogP) is 3.13. The van der Waals surface area contributed by atoms with Gasteiger partial charge in [-0.25, -0.2) is 0 Å². The molecule has 0 aliphatic carbocycles. The number of hydrogen-bond donors (Lipinski definition) is 0. The molecule has 17 heavy (non-hydrogen) atoms. The molecule has 0 aliphatic heterocycles. The minimum absolute atomic E-state index is 0.121. The maximum atomic E-state index is 10.6. The Hall–Kier alpha value is -1.91. The van der Waals surface area contributed by atoms with Gasteiger partial charge >= 0.3 is 0 Å². The van der Waals surface area contributed by atoms with Gasteiger partial charge in [0.05, 0.1) is 6.61 Å². The topological polar surface area (TPSA) is 69.4 Å². The Balaban J connectivity index is 0. The SMILES string of the molecule is CC.CC(=O)c1ccccc1.CCO[N+](=O)[O-]. The first-order chi connectivity index (χ1) is 8.07. The summed E-state index contributed by atoms with van der Waals surface area (Å²) >= 11 is 0. The lowest BCUT2D eigenvalue weighted by Crippen LogP contribution is -1.97. The normalized spacial score (nSPS) is 7.76. The van der Waals surface area contributed by atoms with Crippen LogP contribution in [0.2, 0.25) is 0 Å². The largest absolute Gasteiger partial charge is 0.314 e. The molecule has 1 aromatic carbocycles. The second kappa shape index (κ2) is 12.2. The zero-order valence-corrected chi connectivity index (χ0v) is 10.7. The van der Waals surface area contributed by atoms with Gasteiger partial charge in [-0.15, -0.1) is 10.1 Å². The smallest absolute Gasteiger partial charge is 0.294 e. The van der Waals surface area contributed by atoms with Gasteiger partial charge in [0.2, 0.25) is 0 Å². The van der Waals surface area contributed by atoms with Crippen molar-refractivity contribution in [1.29, 1.82) is 0 Å². The van der Waals surface area contributed by atoms with E-state index in [2.05, 4.69) is 4.84 Å². The molecule has 0 bridgehead atoms. The first kappa shape index (κ1) is 17.5. The fraction of sp³-hybridized carbons (Fsp3) is 0.417. The van der Waals surface area contributed by atoms with Crippen molar-refractivity contribution in [1.82, 2.24) is 0 Å².